The van der Waals surface area contributed by atoms with Crippen molar-refractivity contribution >= 4 is 0 Å². The van der Waals surface area contributed by atoms with Crippen LogP contribution >= 0.6 is 0 Å². The van der Waals surface area contributed by atoms with Crippen molar-refractivity contribution in [1.82, 2.24) is 4.90 Å². The predicted octanol–water partition coefficient (Wildman–Crippen LogP) is 1.80. The molecule has 0 spiro atoms. The fourth-order valence-corrected chi connectivity index (χ4v) is 2.33. The molecule has 1 aromatic rings. The highest BCUT2D eigenvalue weighted by molar-refractivity contribution is 5.20. The molecule has 1 aromatic carbocycles. The summed E-state index contributed by atoms with van der Waals surface area (Å²) in [6, 6.07) is 11.6. The van der Waals surface area contributed by atoms with Crippen LogP contribution in [0.15, 0.2) is 30.3 Å². The minimum Gasteiger partial charge on any atom is -0.383 e. The summed E-state index contributed by atoms with van der Waals surface area (Å²) in [5, 5.41) is 0. The van der Waals surface area contributed by atoms with E-state index in [9.17, 15) is 0 Å². The van der Waals surface area contributed by atoms with E-state index in [1.807, 2.05) is 6.07 Å². The molecule has 3 heteroatoms. The molecule has 0 saturated heterocycles. The Balaban J connectivity index is 2.08. The Morgan fingerprint density at radius 1 is 1.35 bits per heavy atom. The van der Waals surface area contributed by atoms with Gasteiger partial charge in [-0.25, -0.2) is 0 Å². The molecule has 94 valence electrons. The second kappa shape index (κ2) is 6.15. The lowest BCUT2D eigenvalue weighted by Gasteiger charge is -2.31. The molecule has 1 fully saturated rings. The van der Waals surface area contributed by atoms with E-state index in [1.165, 1.54) is 18.4 Å². The summed E-state index contributed by atoms with van der Waals surface area (Å²) >= 11 is 0. The van der Waals surface area contributed by atoms with Gasteiger partial charge in [0.05, 0.1) is 6.61 Å². The van der Waals surface area contributed by atoms with E-state index in [0.29, 0.717) is 18.6 Å². The molecular formula is C14H22N2O. The molecule has 0 amide bonds. The van der Waals surface area contributed by atoms with E-state index < -0.39 is 0 Å². The Hall–Kier alpha value is -0.900. The van der Waals surface area contributed by atoms with Crippen molar-refractivity contribution in [3.8, 4) is 0 Å². The van der Waals surface area contributed by atoms with Gasteiger partial charge >= 0.3 is 0 Å². The highest BCUT2D eigenvalue weighted by atomic mass is 16.5. The van der Waals surface area contributed by atoms with Gasteiger partial charge in [-0.15, -0.1) is 0 Å². The van der Waals surface area contributed by atoms with Crippen molar-refractivity contribution < 1.29 is 4.74 Å². The summed E-state index contributed by atoms with van der Waals surface area (Å²) in [6.45, 7) is 2.42. The lowest BCUT2D eigenvalue weighted by Crippen LogP contribution is -2.37. The number of benzene rings is 1. The topological polar surface area (TPSA) is 38.5 Å². The second-order valence-electron chi connectivity index (χ2n) is 4.62. The molecule has 1 aliphatic rings. The number of nitrogens with zero attached hydrogens (tertiary/aromatic N) is 1. The summed E-state index contributed by atoms with van der Waals surface area (Å²) in [7, 11) is 1.76. The first-order valence-electron chi connectivity index (χ1n) is 6.36. The zero-order valence-electron chi connectivity index (χ0n) is 10.5. The normalized spacial score (nSPS) is 17.4. The molecule has 0 radical (unpaired) electrons. The van der Waals surface area contributed by atoms with Crippen LogP contribution in [-0.4, -0.2) is 37.7 Å². The van der Waals surface area contributed by atoms with Gasteiger partial charge in [-0.05, 0) is 18.4 Å². The Morgan fingerprint density at radius 3 is 2.59 bits per heavy atom. The van der Waals surface area contributed by atoms with Crippen LogP contribution in [0.1, 0.15) is 24.4 Å². The molecule has 1 unspecified atom stereocenters. The van der Waals surface area contributed by atoms with Crippen molar-refractivity contribution in [2.24, 2.45) is 5.73 Å². The Bertz CT molecular complexity index is 324. The molecule has 2 rings (SSSR count). The second-order valence-corrected chi connectivity index (χ2v) is 4.62. The largest absolute Gasteiger partial charge is 0.383 e. The summed E-state index contributed by atoms with van der Waals surface area (Å²) in [4.78, 5) is 2.50. The summed E-state index contributed by atoms with van der Waals surface area (Å²) in [5.41, 5.74) is 7.28. The highest BCUT2D eigenvalue weighted by Gasteiger charge is 2.33. The van der Waals surface area contributed by atoms with Crippen LogP contribution in [0.25, 0.3) is 0 Å². The molecule has 0 bridgehead atoms. The standard InChI is InChI=1S/C14H22N2O/c1-17-10-9-16(13-7-8-13)14(11-15)12-5-3-2-4-6-12/h2-6,13-14H,7-11,15H2,1H3. The Morgan fingerprint density at radius 2 is 2.06 bits per heavy atom. The SMILES string of the molecule is COCCN(C1CC1)C(CN)c1ccccc1. The van der Waals surface area contributed by atoms with Crippen LogP contribution in [-0.2, 0) is 4.74 Å². The van der Waals surface area contributed by atoms with Gasteiger partial charge in [0.2, 0.25) is 0 Å². The number of rotatable bonds is 7. The third-order valence-electron chi connectivity index (χ3n) is 3.38. The van der Waals surface area contributed by atoms with Gasteiger partial charge in [-0.1, -0.05) is 30.3 Å². The van der Waals surface area contributed by atoms with Crippen molar-refractivity contribution in [3.63, 3.8) is 0 Å². The van der Waals surface area contributed by atoms with E-state index >= 15 is 0 Å². The lowest BCUT2D eigenvalue weighted by molar-refractivity contribution is 0.115. The third-order valence-corrected chi connectivity index (χ3v) is 3.38. The fraction of sp³-hybridized carbons (Fsp3) is 0.571. The van der Waals surface area contributed by atoms with Crippen LogP contribution in [0.3, 0.4) is 0 Å². The van der Waals surface area contributed by atoms with Crippen molar-refractivity contribution in [3.05, 3.63) is 35.9 Å². The van der Waals surface area contributed by atoms with Crippen LogP contribution in [0.5, 0.6) is 0 Å². The number of hydrogen-bond donors (Lipinski definition) is 1. The zero-order chi connectivity index (χ0) is 12.1. The van der Waals surface area contributed by atoms with E-state index in [1.54, 1.807) is 7.11 Å². The third kappa shape index (κ3) is 3.28. The average molecular weight is 234 g/mol. The van der Waals surface area contributed by atoms with E-state index in [4.69, 9.17) is 10.5 Å². The smallest absolute Gasteiger partial charge is 0.0590 e. The van der Waals surface area contributed by atoms with Gasteiger partial charge in [0.25, 0.3) is 0 Å². The zero-order valence-corrected chi connectivity index (χ0v) is 10.5. The van der Waals surface area contributed by atoms with Crippen molar-refractivity contribution in [2.45, 2.75) is 24.9 Å². The minimum absolute atomic E-state index is 0.332. The Kier molecular flexibility index (Phi) is 4.54. The molecule has 2 N–H and O–H groups in total. The van der Waals surface area contributed by atoms with Gasteiger partial charge in [0.15, 0.2) is 0 Å². The average Bonchev–Trinajstić information content (AvgIpc) is 3.20. The Labute approximate surface area is 104 Å². The summed E-state index contributed by atoms with van der Waals surface area (Å²) in [6.07, 6.45) is 2.60. The number of hydrogen-bond acceptors (Lipinski definition) is 3. The van der Waals surface area contributed by atoms with E-state index in [-0.39, 0.29) is 0 Å². The first-order valence-corrected chi connectivity index (χ1v) is 6.36. The van der Waals surface area contributed by atoms with Gasteiger partial charge in [-0.2, -0.15) is 0 Å². The fourth-order valence-electron chi connectivity index (χ4n) is 2.33. The monoisotopic (exact) mass is 234 g/mol. The molecule has 0 heterocycles. The summed E-state index contributed by atoms with van der Waals surface area (Å²) in [5.74, 6) is 0. The predicted molar refractivity (Wildman–Crippen MR) is 69.8 cm³/mol. The highest BCUT2D eigenvalue weighted by Crippen LogP contribution is 2.33. The first kappa shape index (κ1) is 12.6. The van der Waals surface area contributed by atoms with Crippen molar-refractivity contribution in [1.29, 1.82) is 0 Å². The van der Waals surface area contributed by atoms with Crippen LogP contribution in [0.2, 0.25) is 0 Å². The molecule has 0 aliphatic heterocycles. The van der Waals surface area contributed by atoms with Gasteiger partial charge in [-0.3, -0.25) is 4.90 Å². The maximum atomic E-state index is 5.96. The summed E-state index contributed by atoms with van der Waals surface area (Å²) < 4.78 is 5.20. The molecule has 1 atom stereocenters. The van der Waals surface area contributed by atoms with Crippen LogP contribution in [0.4, 0.5) is 0 Å². The number of nitrogens with two attached hydrogens (primary N) is 1. The van der Waals surface area contributed by atoms with Crippen LogP contribution in [0, 0.1) is 0 Å². The van der Waals surface area contributed by atoms with E-state index in [2.05, 4.69) is 29.2 Å². The molecule has 1 aliphatic carbocycles. The van der Waals surface area contributed by atoms with Crippen LogP contribution < -0.4 is 5.73 Å². The molecule has 1 saturated carbocycles. The maximum Gasteiger partial charge on any atom is 0.0590 e. The van der Waals surface area contributed by atoms with Gasteiger partial charge in [0.1, 0.15) is 0 Å². The molecule has 0 aromatic heterocycles. The maximum absolute atomic E-state index is 5.96. The van der Waals surface area contributed by atoms with Gasteiger partial charge in [0, 0.05) is 32.3 Å². The van der Waals surface area contributed by atoms with E-state index in [0.717, 1.165) is 13.2 Å². The lowest BCUT2D eigenvalue weighted by atomic mass is 10.1. The van der Waals surface area contributed by atoms with Crippen molar-refractivity contribution in [2.75, 3.05) is 26.8 Å². The quantitative estimate of drug-likeness (QED) is 0.782. The molecule has 17 heavy (non-hydrogen) atoms. The minimum atomic E-state index is 0.332. The molecular weight excluding hydrogens is 212 g/mol. The first-order chi connectivity index (χ1) is 8.36. The van der Waals surface area contributed by atoms with Gasteiger partial charge < -0.3 is 10.5 Å². The number of ether oxygens (including phenoxy) is 1. The number of methoxy groups -OCH3 is 1. The molecule has 3 nitrogen and oxygen atoms in total.